The van der Waals surface area contributed by atoms with Crippen LogP contribution in [0.1, 0.15) is 25.8 Å². The summed E-state index contributed by atoms with van der Waals surface area (Å²) >= 11 is 1.36. The number of rotatable bonds is 4. The van der Waals surface area contributed by atoms with Gasteiger partial charge in [0.25, 0.3) is 0 Å². The maximum Gasteiger partial charge on any atom is 0.248 e. The second-order valence-corrected chi connectivity index (χ2v) is 6.07. The monoisotopic (exact) mass is 319 g/mol. The highest BCUT2D eigenvalue weighted by molar-refractivity contribution is 7.13. The highest BCUT2D eigenvalue weighted by Gasteiger charge is 2.36. The molecule has 2 unspecified atom stereocenters. The van der Waals surface area contributed by atoms with Gasteiger partial charge < -0.3 is 10.2 Å². The van der Waals surface area contributed by atoms with Crippen molar-refractivity contribution in [1.82, 2.24) is 19.7 Å². The minimum atomic E-state index is -0.436. The molecule has 0 aromatic carbocycles. The van der Waals surface area contributed by atoms with Gasteiger partial charge in [0.05, 0.1) is 0 Å². The van der Waals surface area contributed by atoms with Crippen LogP contribution in [0.2, 0.25) is 0 Å². The van der Waals surface area contributed by atoms with Gasteiger partial charge in [-0.2, -0.15) is 5.10 Å². The van der Waals surface area contributed by atoms with Gasteiger partial charge in [-0.3, -0.25) is 14.3 Å². The van der Waals surface area contributed by atoms with E-state index in [0.717, 1.165) is 6.42 Å². The molecule has 3 rings (SSSR count). The molecule has 22 heavy (non-hydrogen) atoms. The van der Waals surface area contributed by atoms with Gasteiger partial charge in [0, 0.05) is 30.5 Å². The molecule has 2 atom stereocenters. The van der Waals surface area contributed by atoms with Crippen LogP contribution in [0.25, 0.3) is 0 Å². The average Bonchev–Trinajstić information content (AvgIpc) is 3.25. The number of carbonyl (C=O) groups is 2. The Bertz CT molecular complexity index is 640. The molecule has 3 heterocycles. The average molecular weight is 319 g/mol. The Kier molecular flexibility index (Phi) is 4.19. The van der Waals surface area contributed by atoms with Crippen molar-refractivity contribution >= 4 is 28.3 Å². The zero-order chi connectivity index (χ0) is 15.5. The fourth-order valence-electron chi connectivity index (χ4n) is 2.64. The van der Waals surface area contributed by atoms with E-state index in [4.69, 9.17) is 0 Å². The molecule has 2 aromatic rings. The predicted molar refractivity (Wildman–Crippen MR) is 82.4 cm³/mol. The molecule has 0 aliphatic carbocycles. The number of nitrogens with zero attached hydrogens (tertiary/aromatic N) is 4. The summed E-state index contributed by atoms with van der Waals surface area (Å²) in [5.74, 6) is -0.256. The summed E-state index contributed by atoms with van der Waals surface area (Å²) in [6, 6.07) is 0.929. The fraction of sp³-hybridized carbons (Fsp3) is 0.429. The molecule has 116 valence electrons. The number of carbonyl (C=O) groups excluding carboxylic acids is 2. The smallest absolute Gasteiger partial charge is 0.248 e. The Morgan fingerprint density at radius 1 is 1.45 bits per heavy atom. The van der Waals surface area contributed by atoms with Crippen LogP contribution < -0.4 is 5.32 Å². The van der Waals surface area contributed by atoms with Crippen LogP contribution >= 0.6 is 11.3 Å². The van der Waals surface area contributed by atoms with Gasteiger partial charge in [-0.05, 0) is 25.8 Å². The van der Waals surface area contributed by atoms with Crippen molar-refractivity contribution in [2.45, 2.75) is 31.8 Å². The molecule has 1 saturated heterocycles. The molecule has 1 aliphatic heterocycles. The van der Waals surface area contributed by atoms with Gasteiger partial charge in [0.2, 0.25) is 11.8 Å². The third kappa shape index (κ3) is 2.87. The van der Waals surface area contributed by atoms with E-state index in [9.17, 15) is 9.59 Å². The standard InChI is InChI=1S/C14H17N5O2S/c1-10(19-8-3-5-16-19)13(21)18-7-2-4-11(18)12(20)17-14-15-6-9-22-14/h3,5-6,8-11H,2,4,7H2,1H3,(H,15,17,20). The van der Waals surface area contributed by atoms with E-state index in [0.29, 0.717) is 18.1 Å². The summed E-state index contributed by atoms with van der Waals surface area (Å²) in [5, 5.41) is 9.23. The first-order chi connectivity index (χ1) is 10.7. The van der Waals surface area contributed by atoms with Gasteiger partial charge in [0.15, 0.2) is 5.13 Å². The van der Waals surface area contributed by atoms with E-state index >= 15 is 0 Å². The van der Waals surface area contributed by atoms with Crippen LogP contribution in [-0.2, 0) is 9.59 Å². The molecular weight excluding hydrogens is 302 g/mol. The summed E-state index contributed by atoms with van der Waals surface area (Å²) in [6.45, 7) is 2.39. The fourth-order valence-corrected chi connectivity index (χ4v) is 3.17. The normalized spacial score (nSPS) is 19.1. The topological polar surface area (TPSA) is 80.1 Å². The number of likely N-dealkylation sites (tertiary alicyclic amines) is 1. The van der Waals surface area contributed by atoms with Crippen LogP contribution in [0.4, 0.5) is 5.13 Å². The van der Waals surface area contributed by atoms with Crippen LogP contribution in [0.15, 0.2) is 30.0 Å². The highest BCUT2D eigenvalue weighted by Crippen LogP contribution is 2.23. The molecule has 7 nitrogen and oxygen atoms in total. The van der Waals surface area contributed by atoms with Gasteiger partial charge in [-0.1, -0.05) is 0 Å². The maximum absolute atomic E-state index is 12.6. The Labute approximate surface area is 132 Å². The first kappa shape index (κ1) is 14.7. The number of hydrogen-bond donors (Lipinski definition) is 1. The Morgan fingerprint density at radius 2 is 2.32 bits per heavy atom. The highest BCUT2D eigenvalue weighted by atomic mass is 32.1. The third-order valence-corrected chi connectivity index (χ3v) is 4.47. The summed E-state index contributed by atoms with van der Waals surface area (Å²) in [5.41, 5.74) is 0. The van der Waals surface area contributed by atoms with Crippen LogP contribution in [0, 0.1) is 0 Å². The van der Waals surface area contributed by atoms with Crippen molar-refractivity contribution in [1.29, 1.82) is 0 Å². The van der Waals surface area contributed by atoms with E-state index in [-0.39, 0.29) is 11.8 Å². The van der Waals surface area contributed by atoms with Crippen molar-refractivity contribution < 1.29 is 9.59 Å². The SMILES string of the molecule is CC(C(=O)N1CCCC1C(=O)Nc1nccs1)n1cccn1. The molecule has 0 spiro atoms. The summed E-state index contributed by atoms with van der Waals surface area (Å²) in [6.07, 6.45) is 6.53. The van der Waals surface area contributed by atoms with Gasteiger partial charge in [-0.15, -0.1) is 11.3 Å². The third-order valence-electron chi connectivity index (χ3n) is 3.78. The molecular formula is C14H17N5O2S. The van der Waals surface area contributed by atoms with Crippen molar-refractivity contribution in [2.75, 3.05) is 11.9 Å². The van der Waals surface area contributed by atoms with Crippen molar-refractivity contribution in [2.24, 2.45) is 0 Å². The van der Waals surface area contributed by atoms with E-state index < -0.39 is 12.1 Å². The number of nitrogens with one attached hydrogen (secondary N) is 1. The first-order valence-corrected chi connectivity index (χ1v) is 8.05. The molecule has 8 heteroatoms. The first-order valence-electron chi connectivity index (χ1n) is 7.17. The van der Waals surface area contributed by atoms with Crippen molar-refractivity contribution in [3.05, 3.63) is 30.0 Å². The second kappa shape index (κ2) is 6.27. The number of aromatic nitrogens is 3. The lowest BCUT2D eigenvalue weighted by Crippen LogP contribution is -2.45. The maximum atomic E-state index is 12.6. The number of thiazole rings is 1. The largest absolute Gasteiger partial charge is 0.329 e. The summed E-state index contributed by atoms with van der Waals surface area (Å²) in [4.78, 5) is 30.7. The number of anilines is 1. The summed E-state index contributed by atoms with van der Waals surface area (Å²) in [7, 11) is 0. The van der Waals surface area contributed by atoms with E-state index in [2.05, 4.69) is 15.4 Å². The second-order valence-electron chi connectivity index (χ2n) is 5.18. The van der Waals surface area contributed by atoms with Crippen LogP contribution in [0.3, 0.4) is 0 Å². The number of hydrogen-bond acceptors (Lipinski definition) is 5. The van der Waals surface area contributed by atoms with Gasteiger partial charge in [-0.25, -0.2) is 4.98 Å². The minimum absolute atomic E-state index is 0.0829. The molecule has 1 fully saturated rings. The predicted octanol–water partition coefficient (Wildman–Crippen LogP) is 1.53. The molecule has 0 bridgehead atoms. The minimum Gasteiger partial charge on any atom is -0.329 e. The molecule has 0 saturated carbocycles. The Hall–Kier alpha value is -2.22. The quantitative estimate of drug-likeness (QED) is 0.927. The lowest BCUT2D eigenvalue weighted by Gasteiger charge is -2.26. The molecule has 1 N–H and O–H groups in total. The lowest BCUT2D eigenvalue weighted by molar-refractivity contribution is -0.139. The molecule has 0 radical (unpaired) electrons. The molecule has 1 aliphatic rings. The van der Waals surface area contributed by atoms with Crippen molar-refractivity contribution in [3.8, 4) is 0 Å². The van der Waals surface area contributed by atoms with E-state index in [1.165, 1.54) is 11.3 Å². The Balaban J connectivity index is 1.69. The molecule has 2 amide bonds. The zero-order valence-corrected chi connectivity index (χ0v) is 13.0. The lowest BCUT2D eigenvalue weighted by atomic mass is 10.2. The zero-order valence-electron chi connectivity index (χ0n) is 12.2. The van der Waals surface area contributed by atoms with Crippen LogP contribution in [-0.4, -0.2) is 44.1 Å². The van der Waals surface area contributed by atoms with E-state index in [1.54, 1.807) is 46.5 Å². The Morgan fingerprint density at radius 3 is 3.00 bits per heavy atom. The van der Waals surface area contributed by atoms with Gasteiger partial charge >= 0.3 is 0 Å². The van der Waals surface area contributed by atoms with E-state index in [1.807, 2.05) is 0 Å². The number of amides is 2. The summed E-state index contributed by atoms with van der Waals surface area (Å²) < 4.78 is 1.61. The molecule has 2 aromatic heterocycles. The van der Waals surface area contributed by atoms with Crippen molar-refractivity contribution in [3.63, 3.8) is 0 Å². The van der Waals surface area contributed by atoms with Crippen LogP contribution in [0.5, 0.6) is 0 Å². The van der Waals surface area contributed by atoms with Gasteiger partial charge in [0.1, 0.15) is 12.1 Å².